The van der Waals surface area contributed by atoms with Gasteiger partial charge in [0.25, 0.3) is 11.8 Å². The van der Waals surface area contributed by atoms with E-state index < -0.39 is 5.82 Å². The average Bonchev–Trinajstić information content (AvgIpc) is 2.65. The zero-order chi connectivity index (χ0) is 18.8. The van der Waals surface area contributed by atoms with Crippen molar-refractivity contribution in [1.82, 2.24) is 5.32 Å². The summed E-state index contributed by atoms with van der Waals surface area (Å²) in [6.07, 6.45) is 4.01. The number of rotatable bonds is 9. The molecule has 136 valence electrons. The van der Waals surface area contributed by atoms with Crippen molar-refractivity contribution < 1.29 is 18.8 Å². The summed E-state index contributed by atoms with van der Waals surface area (Å²) in [5.74, 6) is -0.935. The number of anilines is 1. The monoisotopic (exact) mass is 356 g/mol. The van der Waals surface area contributed by atoms with Crippen LogP contribution in [-0.2, 0) is 4.79 Å². The van der Waals surface area contributed by atoms with Crippen LogP contribution in [0.15, 0.2) is 48.5 Å². The molecule has 2 aromatic carbocycles. The summed E-state index contributed by atoms with van der Waals surface area (Å²) in [5.41, 5.74) is 1.39. The molecule has 0 unspecified atom stereocenters. The average molecular weight is 356 g/mol. The zero-order valence-electron chi connectivity index (χ0n) is 14.3. The lowest BCUT2D eigenvalue weighted by atomic mass is 10.1. The molecule has 2 rings (SSSR count). The number of hydrogen-bond donors (Lipinski definition) is 2. The number of carbonyl (C=O) groups excluding carboxylic acids is 3. The molecule has 0 aliphatic rings. The van der Waals surface area contributed by atoms with Crippen LogP contribution in [0.25, 0.3) is 0 Å². The summed E-state index contributed by atoms with van der Waals surface area (Å²) < 4.78 is 12.9. The largest absolute Gasteiger partial charge is 0.352 e. The van der Waals surface area contributed by atoms with E-state index in [9.17, 15) is 18.8 Å². The lowest BCUT2D eigenvalue weighted by Crippen LogP contribution is -2.24. The third-order valence-electron chi connectivity index (χ3n) is 3.80. The molecule has 0 saturated carbocycles. The SMILES string of the molecule is O=CCCCCCNC(=O)c1ccc(NC(=O)c2ccc(F)cc2)cc1. The summed E-state index contributed by atoms with van der Waals surface area (Å²) in [5, 5.41) is 5.51. The number of benzene rings is 2. The molecule has 2 aromatic rings. The molecule has 5 nitrogen and oxygen atoms in total. The van der Waals surface area contributed by atoms with E-state index in [2.05, 4.69) is 10.6 Å². The highest BCUT2D eigenvalue weighted by molar-refractivity contribution is 6.04. The Balaban J connectivity index is 1.81. The number of halogens is 1. The van der Waals surface area contributed by atoms with Crippen LogP contribution < -0.4 is 10.6 Å². The molecule has 0 radical (unpaired) electrons. The minimum absolute atomic E-state index is 0.184. The molecule has 0 aromatic heterocycles. The van der Waals surface area contributed by atoms with Crippen molar-refractivity contribution in [2.24, 2.45) is 0 Å². The number of unbranched alkanes of at least 4 members (excludes halogenated alkanes) is 3. The fourth-order valence-electron chi connectivity index (χ4n) is 2.34. The summed E-state index contributed by atoms with van der Waals surface area (Å²) >= 11 is 0. The fraction of sp³-hybridized carbons (Fsp3) is 0.250. The van der Waals surface area contributed by atoms with Gasteiger partial charge in [0.1, 0.15) is 12.1 Å². The molecule has 0 heterocycles. The maximum atomic E-state index is 12.9. The Kier molecular flexibility index (Phi) is 7.49. The van der Waals surface area contributed by atoms with Crippen molar-refractivity contribution >= 4 is 23.8 Å². The lowest BCUT2D eigenvalue weighted by Gasteiger charge is -2.08. The first-order valence-corrected chi connectivity index (χ1v) is 8.49. The summed E-state index contributed by atoms with van der Waals surface area (Å²) in [6, 6.07) is 11.8. The highest BCUT2D eigenvalue weighted by atomic mass is 19.1. The molecule has 0 saturated heterocycles. The van der Waals surface area contributed by atoms with Crippen molar-refractivity contribution in [3.63, 3.8) is 0 Å². The molecule has 0 atom stereocenters. The predicted molar refractivity (Wildman–Crippen MR) is 97.7 cm³/mol. The Labute approximate surface area is 151 Å². The van der Waals surface area contributed by atoms with Gasteiger partial charge in [0, 0.05) is 29.8 Å². The molecule has 6 heteroatoms. The molecule has 2 N–H and O–H groups in total. The van der Waals surface area contributed by atoms with Crippen LogP contribution >= 0.6 is 0 Å². The second-order valence-electron chi connectivity index (χ2n) is 5.81. The molecule has 2 amide bonds. The van der Waals surface area contributed by atoms with Gasteiger partial charge in [-0.15, -0.1) is 0 Å². The first kappa shape index (κ1) is 19.3. The Morgan fingerprint density at radius 2 is 1.46 bits per heavy atom. The molecular formula is C20H21FN2O3. The smallest absolute Gasteiger partial charge is 0.255 e. The van der Waals surface area contributed by atoms with Gasteiger partial charge in [-0.25, -0.2) is 4.39 Å². The van der Waals surface area contributed by atoms with E-state index in [1.54, 1.807) is 24.3 Å². The first-order chi connectivity index (χ1) is 12.6. The molecular weight excluding hydrogens is 335 g/mol. The molecule has 0 aliphatic heterocycles. The Morgan fingerprint density at radius 3 is 2.12 bits per heavy atom. The van der Waals surface area contributed by atoms with E-state index >= 15 is 0 Å². The molecule has 0 aliphatic carbocycles. The predicted octanol–water partition coefficient (Wildman–Crippen LogP) is 3.57. The van der Waals surface area contributed by atoms with E-state index in [1.165, 1.54) is 24.3 Å². The van der Waals surface area contributed by atoms with Crippen molar-refractivity contribution in [3.8, 4) is 0 Å². The third-order valence-corrected chi connectivity index (χ3v) is 3.80. The van der Waals surface area contributed by atoms with Gasteiger partial charge in [0.2, 0.25) is 0 Å². The molecule has 0 bridgehead atoms. The standard InChI is InChI=1S/C20H21FN2O3/c21-17-9-5-16(6-10-17)20(26)23-18-11-7-15(8-12-18)19(25)22-13-3-1-2-4-14-24/h5-12,14H,1-4,13H2,(H,22,25)(H,23,26). The minimum atomic E-state index is -0.402. The van der Waals surface area contributed by atoms with Gasteiger partial charge in [-0.05, 0) is 61.4 Å². The number of amides is 2. The molecule has 0 spiro atoms. The highest BCUT2D eigenvalue weighted by Gasteiger charge is 2.08. The zero-order valence-corrected chi connectivity index (χ0v) is 14.3. The normalized spacial score (nSPS) is 10.2. The Morgan fingerprint density at radius 1 is 0.846 bits per heavy atom. The van der Waals surface area contributed by atoms with Crippen LogP contribution in [-0.4, -0.2) is 24.6 Å². The first-order valence-electron chi connectivity index (χ1n) is 8.49. The fourth-order valence-corrected chi connectivity index (χ4v) is 2.34. The van der Waals surface area contributed by atoms with Gasteiger partial charge >= 0.3 is 0 Å². The van der Waals surface area contributed by atoms with Crippen LogP contribution in [0.2, 0.25) is 0 Å². The van der Waals surface area contributed by atoms with Gasteiger partial charge in [0.15, 0.2) is 0 Å². The van der Waals surface area contributed by atoms with Gasteiger partial charge in [-0.1, -0.05) is 6.42 Å². The van der Waals surface area contributed by atoms with Crippen LogP contribution in [0.4, 0.5) is 10.1 Å². The van der Waals surface area contributed by atoms with Crippen molar-refractivity contribution in [1.29, 1.82) is 0 Å². The third kappa shape index (κ3) is 6.12. The Bertz CT molecular complexity index is 743. The maximum Gasteiger partial charge on any atom is 0.255 e. The van der Waals surface area contributed by atoms with Gasteiger partial charge in [-0.2, -0.15) is 0 Å². The van der Waals surface area contributed by atoms with Gasteiger partial charge < -0.3 is 15.4 Å². The quantitative estimate of drug-likeness (QED) is 0.533. The number of aldehydes is 1. The summed E-state index contributed by atoms with van der Waals surface area (Å²) in [7, 11) is 0. The van der Waals surface area contributed by atoms with E-state index in [-0.39, 0.29) is 11.8 Å². The maximum absolute atomic E-state index is 12.9. The topological polar surface area (TPSA) is 75.3 Å². The van der Waals surface area contributed by atoms with Crippen molar-refractivity contribution in [2.45, 2.75) is 25.7 Å². The number of nitrogens with one attached hydrogen (secondary N) is 2. The van der Waals surface area contributed by atoms with Crippen LogP contribution in [0.3, 0.4) is 0 Å². The van der Waals surface area contributed by atoms with Crippen LogP contribution in [0.5, 0.6) is 0 Å². The molecule has 26 heavy (non-hydrogen) atoms. The van der Waals surface area contributed by atoms with E-state index in [1.807, 2.05) is 0 Å². The van der Waals surface area contributed by atoms with Crippen molar-refractivity contribution in [3.05, 3.63) is 65.5 Å². The molecule has 0 fully saturated rings. The van der Waals surface area contributed by atoms with Gasteiger partial charge in [-0.3, -0.25) is 9.59 Å². The summed E-state index contributed by atoms with van der Waals surface area (Å²) in [6.45, 7) is 0.556. The Hall–Kier alpha value is -3.02. The minimum Gasteiger partial charge on any atom is -0.352 e. The number of hydrogen-bond acceptors (Lipinski definition) is 3. The van der Waals surface area contributed by atoms with E-state index in [0.717, 1.165) is 25.5 Å². The van der Waals surface area contributed by atoms with Crippen molar-refractivity contribution in [2.75, 3.05) is 11.9 Å². The highest BCUT2D eigenvalue weighted by Crippen LogP contribution is 2.12. The van der Waals surface area contributed by atoms with Gasteiger partial charge in [0.05, 0.1) is 0 Å². The second-order valence-corrected chi connectivity index (χ2v) is 5.81. The lowest BCUT2D eigenvalue weighted by molar-refractivity contribution is -0.107. The van der Waals surface area contributed by atoms with Crippen LogP contribution in [0.1, 0.15) is 46.4 Å². The van der Waals surface area contributed by atoms with Crippen LogP contribution in [0, 0.1) is 5.82 Å². The second kappa shape index (κ2) is 10.1. The summed E-state index contributed by atoms with van der Waals surface area (Å²) in [4.78, 5) is 34.3. The van der Waals surface area contributed by atoms with E-state index in [4.69, 9.17) is 0 Å². The van der Waals surface area contributed by atoms with E-state index in [0.29, 0.717) is 29.8 Å². The number of carbonyl (C=O) groups is 3.